The number of benzene rings is 2. The van der Waals surface area contributed by atoms with E-state index in [1.165, 1.54) is 4.90 Å². The Morgan fingerprint density at radius 1 is 0.958 bits per heavy atom. The molecule has 0 spiro atoms. The van der Waals surface area contributed by atoms with Crippen LogP contribution in [-0.2, 0) is 27.4 Å². The lowest BCUT2D eigenvalue weighted by atomic mass is 9.92. The largest absolute Gasteiger partial charge is 0.444 e. The number of rotatable bonds is 12. The Morgan fingerprint density at radius 3 is 2.31 bits per heavy atom. The number of imide groups is 1. The summed E-state index contributed by atoms with van der Waals surface area (Å²) >= 11 is 0. The highest BCUT2D eigenvalue weighted by Crippen LogP contribution is 2.34. The van der Waals surface area contributed by atoms with Crippen molar-refractivity contribution in [3.8, 4) is 0 Å². The number of aryl methyl sites for hydroxylation is 1. The van der Waals surface area contributed by atoms with Gasteiger partial charge in [0.25, 0.3) is 11.8 Å². The predicted molar refractivity (Wildman–Crippen MR) is 182 cm³/mol. The van der Waals surface area contributed by atoms with Crippen molar-refractivity contribution in [1.82, 2.24) is 24.6 Å². The maximum Gasteiger partial charge on any atom is 0.410 e. The van der Waals surface area contributed by atoms with Crippen LogP contribution in [0.25, 0.3) is 10.9 Å². The molecule has 0 bridgehead atoms. The quantitative estimate of drug-likeness (QED) is 0.222. The molecule has 4 amide bonds. The van der Waals surface area contributed by atoms with Gasteiger partial charge in [0.2, 0.25) is 5.91 Å². The minimum Gasteiger partial charge on any atom is -0.444 e. The summed E-state index contributed by atoms with van der Waals surface area (Å²) in [6.07, 6.45) is 5.06. The number of carbonyl (C=O) groups excluding carboxylic acids is 4. The summed E-state index contributed by atoms with van der Waals surface area (Å²) in [6.45, 7) is 8.66. The molecule has 1 aromatic heterocycles. The molecule has 2 aliphatic heterocycles. The van der Waals surface area contributed by atoms with Crippen molar-refractivity contribution in [2.75, 3.05) is 39.9 Å². The van der Waals surface area contributed by atoms with Gasteiger partial charge in [-0.15, -0.1) is 0 Å². The molecule has 0 unspecified atom stereocenters. The Hall–Kier alpha value is -4.22. The first-order valence-corrected chi connectivity index (χ1v) is 17.1. The number of nitrogens with one attached hydrogen (secondary N) is 1. The molecule has 2 fully saturated rings. The highest BCUT2D eigenvalue weighted by molar-refractivity contribution is 6.21. The highest BCUT2D eigenvalue weighted by atomic mass is 16.6. The van der Waals surface area contributed by atoms with Crippen molar-refractivity contribution in [2.24, 2.45) is 5.92 Å². The predicted octanol–water partition coefficient (Wildman–Crippen LogP) is 4.68. The number of hydrogen-bond acceptors (Lipinski definition) is 7. The maximum atomic E-state index is 14.4. The van der Waals surface area contributed by atoms with Crippen LogP contribution in [0.5, 0.6) is 0 Å². The number of ether oxygens (including phenoxy) is 2. The summed E-state index contributed by atoms with van der Waals surface area (Å²) in [6, 6.07) is 15.1. The van der Waals surface area contributed by atoms with E-state index in [1.54, 1.807) is 36.3 Å². The van der Waals surface area contributed by atoms with Crippen LogP contribution in [0.4, 0.5) is 4.79 Å². The Morgan fingerprint density at radius 2 is 1.65 bits per heavy atom. The Kier molecular flexibility index (Phi) is 9.89. The van der Waals surface area contributed by atoms with Crippen LogP contribution in [0.15, 0.2) is 54.7 Å². The van der Waals surface area contributed by atoms with Gasteiger partial charge in [-0.05, 0) is 70.2 Å². The summed E-state index contributed by atoms with van der Waals surface area (Å²) in [5.74, 6) is -0.998. The molecule has 1 saturated carbocycles. The average Bonchev–Trinajstić information content (AvgIpc) is 3.81. The fourth-order valence-electron chi connectivity index (χ4n) is 6.93. The molecule has 256 valence electrons. The third-order valence-electron chi connectivity index (χ3n) is 9.33. The molecule has 1 N–H and O–H groups in total. The van der Waals surface area contributed by atoms with Gasteiger partial charge in [0.15, 0.2) is 0 Å². The number of hydrogen-bond donors (Lipinski definition) is 1. The molecule has 3 heterocycles. The number of methoxy groups -OCH3 is 1. The van der Waals surface area contributed by atoms with Gasteiger partial charge in [-0.1, -0.05) is 30.3 Å². The van der Waals surface area contributed by atoms with Crippen molar-refractivity contribution >= 4 is 34.7 Å². The van der Waals surface area contributed by atoms with Crippen molar-refractivity contribution in [3.05, 3.63) is 71.4 Å². The van der Waals surface area contributed by atoms with Crippen LogP contribution in [0.1, 0.15) is 72.7 Å². The van der Waals surface area contributed by atoms with E-state index in [2.05, 4.69) is 28.2 Å². The molecule has 11 heteroatoms. The zero-order valence-corrected chi connectivity index (χ0v) is 28.4. The van der Waals surface area contributed by atoms with Crippen LogP contribution < -0.4 is 5.32 Å². The number of para-hydroxylation sites is 1. The van der Waals surface area contributed by atoms with E-state index >= 15 is 0 Å². The fraction of sp³-hybridized carbons (Fsp3) is 0.514. The van der Waals surface area contributed by atoms with Gasteiger partial charge in [0.05, 0.1) is 17.0 Å². The van der Waals surface area contributed by atoms with Gasteiger partial charge in [-0.2, -0.15) is 0 Å². The molecule has 2 atom stereocenters. The van der Waals surface area contributed by atoms with E-state index in [9.17, 15) is 19.2 Å². The topological polar surface area (TPSA) is 113 Å². The molecule has 2 aromatic carbocycles. The second kappa shape index (κ2) is 14.1. The third kappa shape index (κ3) is 7.42. The van der Waals surface area contributed by atoms with Crippen LogP contribution >= 0.6 is 0 Å². The number of likely N-dealkylation sites (tertiary alicyclic amines) is 1. The Labute approximate surface area is 282 Å². The van der Waals surface area contributed by atoms with Crippen LogP contribution in [0.2, 0.25) is 0 Å². The SMILES string of the molecule is COCCCn1cc(CN(C(=O)[C@@H]2C[C@H](NCCN3C(=O)c4ccccc4C3=O)CN(C(=O)OC(C)(C)C)C2)C2CC2)c2ccccc21. The number of piperidine rings is 1. The van der Waals surface area contributed by atoms with E-state index in [-0.39, 0.29) is 42.9 Å². The molecule has 1 aliphatic carbocycles. The Balaban J connectivity index is 1.17. The van der Waals surface area contributed by atoms with Crippen LogP contribution in [0.3, 0.4) is 0 Å². The lowest BCUT2D eigenvalue weighted by Gasteiger charge is -2.40. The summed E-state index contributed by atoms with van der Waals surface area (Å²) in [5.41, 5.74) is 2.40. The Bertz CT molecular complexity index is 1640. The first-order chi connectivity index (χ1) is 23.0. The monoisotopic (exact) mass is 657 g/mol. The number of carbonyl (C=O) groups is 4. The van der Waals surface area contributed by atoms with E-state index in [1.807, 2.05) is 37.8 Å². The second-order valence-electron chi connectivity index (χ2n) is 14.2. The molecule has 1 saturated heterocycles. The molecular weight excluding hydrogens is 610 g/mol. The molecule has 3 aliphatic rings. The summed E-state index contributed by atoms with van der Waals surface area (Å²) < 4.78 is 13.3. The fourth-order valence-corrected chi connectivity index (χ4v) is 6.93. The van der Waals surface area contributed by atoms with E-state index in [0.29, 0.717) is 43.8 Å². The van der Waals surface area contributed by atoms with E-state index in [0.717, 1.165) is 42.3 Å². The highest BCUT2D eigenvalue weighted by Gasteiger charge is 2.42. The number of nitrogens with zero attached hydrogens (tertiary/aromatic N) is 4. The lowest BCUT2D eigenvalue weighted by Crippen LogP contribution is -2.56. The zero-order chi connectivity index (χ0) is 34.0. The third-order valence-corrected chi connectivity index (χ3v) is 9.33. The molecule has 11 nitrogen and oxygen atoms in total. The van der Waals surface area contributed by atoms with Gasteiger partial charge < -0.3 is 29.2 Å². The van der Waals surface area contributed by atoms with Crippen LogP contribution in [-0.4, -0.2) is 101 Å². The van der Waals surface area contributed by atoms with Gasteiger partial charge in [-0.3, -0.25) is 19.3 Å². The number of amides is 4. The van der Waals surface area contributed by atoms with E-state index in [4.69, 9.17) is 9.47 Å². The normalized spacial score (nSPS) is 19.6. The number of aromatic nitrogens is 1. The minimum atomic E-state index is -0.681. The average molecular weight is 658 g/mol. The first kappa shape index (κ1) is 33.7. The van der Waals surface area contributed by atoms with Gasteiger partial charge in [0.1, 0.15) is 5.60 Å². The van der Waals surface area contributed by atoms with Crippen molar-refractivity contribution in [3.63, 3.8) is 0 Å². The molecule has 3 aromatic rings. The first-order valence-electron chi connectivity index (χ1n) is 17.1. The smallest absolute Gasteiger partial charge is 0.410 e. The van der Waals surface area contributed by atoms with Gasteiger partial charge in [-0.25, -0.2) is 4.79 Å². The summed E-state index contributed by atoms with van der Waals surface area (Å²) in [7, 11) is 1.71. The molecular formula is C37H47N5O6. The minimum absolute atomic E-state index is 0.0362. The van der Waals surface area contributed by atoms with Gasteiger partial charge in [0, 0.05) is 82.2 Å². The van der Waals surface area contributed by atoms with Crippen molar-refractivity contribution in [2.45, 2.75) is 77.2 Å². The standard InChI is InChI=1S/C37H47N5O6/c1-37(2,3)48-36(46)40-21-25(20-27(24-40)38-16-18-41-34(44)30-11-5-6-12-31(30)35(41)45)33(43)42(28-14-15-28)23-26-22-39(17-9-19-47-4)32-13-8-7-10-29(26)32/h5-8,10-13,22,25,27-28,38H,9,14-21,23-24H2,1-4H3/t25-,27+/m1/s1. The summed E-state index contributed by atoms with van der Waals surface area (Å²) in [5, 5.41) is 4.59. The number of fused-ring (bicyclic) bond motifs is 2. The van der Waals surface area contributed by atoms with Crippen molar-refractivity contribution < 1.29 is 28.7 Å². The molecule has 6 rings (SSSR count). The second-order valence-corrected chi connectivity index (χ2v) is 14.2. The van der Waals surface area contributed by atoms with E-state index < -0.39 is 17.6 Å². The maximum absolute atomic E-state index is 14.4. The van der Waals surface area contributed by atoms with Crippen LogP contribution in [0, 0.1) is 5.92 Å². The summed E-state index contributed by atoms with van der Waals surface area (Å²) in [4.78, 5) is 58.5. The van der Waals surface area contributed by atoms with Crippen molar-refractivity contribution in [1.29, 1.82) is 0 Å². The zero-order valence-electron chi connectivity index (χ0n) is 28.4. The van der Waals surface area contributed by atoms with Gasteiger partial charge >= 0.3 is 6.09 Å². The lowest BCUT2D eigenvalue weighted by molar-refractivity contribution is -0.138. The molecule has 0 radical (unpaired) electrons. The molecule has 48 heavy (non-hydrogen) atoms.